The van der Waals surface area contributed by atoms with Crippen LogP contribution in [0.1, 0.15) is 81.0 Å². The second-order valence-corrected chi connectivity index (χ2v) is 8.90. The summed E-state index contributed by atoms with van der Waals surface area (Å²) in [7, 11) is 0. The molecule has 2 aliphatic rings. The molecule has 0 spiro atoms. The van der Waals surface area contributed by atoms with Gasteiger partial charge in [-0.2, -0.15) is 0 Å². The van der Waals surface area contributed by atoms with Gasteiger partial charge in [0.1, 0.15) is 11.9 Å². The van der Waals surface area contributed by atoms with Crippen molar-refractivity contribution in [2.75, 3.05) is 0 Å². The Balaban J connectivity index is 2.22. The van der Waals surface area contributed by atoms with Crippen LogP contribution < -0.4 is 0 Å². The molecule has 1 fully saturated rings. The summed E-state index contributed by atoms with van der Waals surface area (Å²) < 4.78 is 11.8. The molecule has 1 aromatic heterocycles. The van der Waals surface area contributed by atoms with Crippen LogP contribution in [0.3, 0.4) is 0 Å². The predicted octanol–water partition coefficient (Wildman–Crippen LogP) is 4.14. The molecule has 144 valence electrons. The van der Waals surface area contributed by atoms with Crippen molar-refractivity contribution in [2.24, 2.45) is 23.2 Å². The first kappa shape index (κ1) is 19.2. The minimum absolute atomic E-state index is 0.0297. The molecule has 26 heavy (non-hydrogen) atoms. The van der Waals surface area contributed by atoms with Gasteiger partial charge in [-0.1, -0.05) is 27.7 Å². The molecule has 0 aliphatic heterocycles. The van der Waals surface area contributed by atoms with Gasteiger partial charge in [0.15, 0.2) is 5.76 Å². The number of Topliss-reactive ketones (excluding diaryl/α,β-unsaturated/α-hetero) is 1. The second-order valence-electron chi connectivity index (χ2n) is 8.90. The lowest BCUT2D eigenvalue weighted by Gasteiger charge is -2.56. The fourth-order valence-electron chi connectivity index (χ4n) is 4.81. The Kier molecular flexibility index (Phi) is 4.38. The van der Waals surface area contributed by atoms with Gasteiger partial charge in [0, 0.05) is 16.9 Å². The number of carbonyl (C=O) groups excluding carboxylic acids is 2. The summed E-state index contributed by atoms with van der Waals surface area (Å²) in [5.41, 5.74) is -0.0628. The third-order valence-corrected chi connectivity index (χ3v) is 7.06. The first-order valence-electron chi connectivity index (χ1n) is 9.49. The van der Waals surface area contributed by atoms with Gasteiger partial charge in [-0.25, -0.2) is 0 Å². The summed E-state index contributed by atoms with van der Waals surface area (Å²) in [6, 6.07) is 0. The standard InChI is InChI=1S/C21H30O5/c1-10(2)19(23)26-18-15-11(3)12(4)25-17(15)16(22)14-8-9-20(6,24)13(5)21(14,18)7/h10,13-14,18,24H,8-9H2,1-7H3. The average molecular weight is 362 g/mol. The number of aliphatic hydroxyl groups is 1. The monoisotopic (exact) mass is 362 g/mol. The molecule has 5 unspecified atom stereocenters. The Morgan fingerprint density at radius 3 is 2.50 bits per heavy atom. The largest absolute Gasteiger partial charge is 0.458 e. The lowest BCUT2D eigenvalue weighted by Crippen LogP contribution is -2.58. The zero-order valence-electron chi connectivity index (χ0n) is 16.8. The Hall–Kier alpha value is -1.62. The first-order chi connectivity index (χ1) is 11.9. The fraction of sp³-hybridized carbons (Fsp3) is 0.714. The Bertz CT molecular complexity index is 757. The minimum Gasteiger partial charge on any atom is -0.458 e. The normalized spacial score (nSPS) is 36.7. The van der Waals surface area contributed by atoms with Crippen LogP contribution in [-0.2, 0) is 9.53 Å². The summed E-state index contributed by atoms with van der Waals surface area (Å²) >= 11 is 0. The van der Waals surface area contributed by atoms with E-state index in [1.165, 1.54) is 0 Å². The van der Waals surface area contributed by atoms with Gasteiger partial charge in [-0.05, 0) is 45.1 Å². The number of ether oxygens (including phenoxy) is 1. The van der Waals surface area contributed by atoms with Crippen LogP contribution in [0.15, 0.2) is 4.42 Å². The molecule has 0 radical (unpaired) electrons. The third-order valence-electron chi connectivity index (χ3n) is 7.06. The lowest BCUT2D eigenvalue weighted by molar-refractivity contribution is -0.188. The SMILES string of the molecule is Cc1oc2c(c1C)C(OC(=O)C(C)C)C1(C)C(CCC(C)(O)C1C)C2=O. The van der Waals surface area contributed by atoms with Crippen molar-refractivity contribution in [3.05, 3.63) is 22.6 Å². The van der Waals surface area contributed by atoms with E-state index in [4.69, 9.17) is 9.15 Å². The highest BCUT2D eigenvalue weighted by atomic mass is 16.5. The van der Waals surface area contributed by atoms with Crippen molar-refractivity contribution in [1.29, 1.82) is 0 Å². The smallest absolute Gasteiger partial charge is 0.309 e. The number of esters is 1. The molecular formula is C21H30O5. The maximum absolute atomic E-state index is 13.2. The highest BCUT2D eigenvalue weighted by Gasteiger charge is 2.62. The van der Waals surface area contributed by atoms with Crippen LogP contribution in [0.2, 0.25) is 0 Å². The molecule has 1 saturated carbocycles. The number of hydrogen-bond acceptors (Lipinski definition) is 5. The molecule has 1 aromatic rings. The lowest BCUT2D eigenvalue weighted by atomic mass is 9.50. The van der Waals surface area contributed by atoms with Gasteiger partial charge < -0.3 is 14.3 Å². The maximum atomic E-state index is 13.2. The average Bonchev–Trinajstić information content (AvgIpc) is 2.84. The Labute approximate surface area is 155 Å². The fourth-order valence-corrected chi connectivity index (χ4v) is 4.81. The van der Waals surface area contributed by atoms with Crippen molar-refractivity contribution in [1.82, 2.24) is 0 Å². The van der Waals surface area contributed by atoms with Gasteiger partial charge in [-0.3, -0.25) is 9.59 Å². The molecule has 0 aromatic carbocycles. The van der Waals surface area contributed by atoms with Crippen LogP contribution in [0, 0.1) is 37.0 Å². The van der Waals surface area contributed by atoms with E-state index in [0.29, 0.717) is 29.9 Å². The van der Waals surface area contributed by atoms with Gasteiger partial charge in [0.2, 0.25) is 5.78 Å². The second kappa shape index (κ2) is 5.95. The van der Waals surface area contributed by atoms with Crippen LogP contribution in [-0.4, -0.2) is 22.5 Å². The van der Waals surface area contributed by atoms with E-state index >= 15 is 0 Å². The van der Waals surface area contributed by atoms with E-state index < -0.39 is 17.1 Å². The Morgan fingerprint density at radius 1 is 1.31 bits per heavy atom. The van der Waals surface area contributed by atoms with Gasteiger partial charge in [-0.15, -0.1) is 0 Å². The number of aryl methyl sites for hydroxylation is 1. The molecule has 5 nitrogen and oxygen atoms in total. The van der Waals surface area contributed by atoms with Crippen LogP contribution in [0.25, 0.3) is 0 Å². The van der Waals surface area contributed by atoms with E-state index in [1.54, 1.807) is 13.8 Å². The molecule has 2 aliphatic carbocycles. The zero-order valence-corrected chi connectivity index (χ0v) is 16.8. The molecule has 1 N–H and O–H groups in total. The van der Waals surface area contributed by atoms with Crippen LogP contribution >= 0.6 is 0 Å². The molecule has 5 atom stereocenters. The van der Waals surface area contributed by atoms with Gasteiger partial charge in [0.05, 0.1) is 11.5 Å². The van der Waals surface area contributed by atoms with Crippen molar-refractivity contribution in [3.63, 3.8) is 0 Å². The molecule has 5 heteroatoms. The summed E-state index contributed by atoms with van der Waals surface area (Å²) in [5, 5.41) is 10.9. The highest BCUT2D eigenvalue weighted by Crippen LogP contribution is 2.61. The van der Waals surface area contributed by atoms with Crippen molar-refractivity contribution < 1.29 is 23.8 Å². The predicted molar refractivity (Wildman–Crippen MR) is 96.8 cm³/mol. The van der Waals surface area contributed by atoms with Crippen molar-refractivity contribution in [3.8, 4) is 0 Å². The quantitative estimate of drug-likeness (QED) is 0.800. The summed E-state index contributed by atoms with van der Waals surface area (Å²) in [6.07, 6.45) is 0.494. The molecular weight excluding hydrogens is 332 g/mol. The first-order valence-corrected chi connectivity index (χ1v) is 9.49. The van der Waals surface area contributed by atoms with Crippen molar-refractivity contribution in [2.45, 2.75) is 73.0 Å². The summed E-state index contributed by atoms with van der Waals surface area (Å²) in [6.45, 7) is 13.1. The molecule has 0 bridgehead atoms. The minimum atomic E-state index is -0.918. The maximum Gasteiger partial charge on any atom is 0.309 e. The van der Waals surface area contributed by atoms with Crippen LogP contribution in [0.4, 0.5) is 0 Å². The number of rotatable bonds is 2. The van der Waals surface area contributed by atoms with Crippen molar-refractivity contribution >= 4 is 11.8 Å². The molecule has 1 heterocycles. The van der Waals surface area contributed by atoms with E-state index in [2.05, 4.69) is 0 Å². The summed E-state index contributed by atoms with van der Waals surface area (Å²) in [5.74, 6) is -0.145. The molecule has 0 saturated heterocycles. The third kappa shape index (κ3) is 2.47. The Morgan fingerprint density at radius 2 is 1.92 bits per heavy atom. The van der Waals surface area contributed by atoms with E-state index in [0.717, 1.165) is 5.56 Å². The van der Waals surface area contributed by atoms with Gasteiger partial charge in [0.25, 0.3) is 0 Å². The summed E-state index contributed by atoms with van der Waals surface area (Å²) in [4.78, 5) is 25.7. The van der Waals surface area contributed by atoms with Gasteiger partial charge >= 0.3 is 5.97 Å². The van der Waals surface area contributed by atoms with Crippen LogP contribution in [0.5, 0.6) is 0 Å². The number of carbonyl (C=O) groups is 2. The number of ketones is 1. The van der Waals surface area contributed by atoms with E-state index in [-0.39, 0.29) is 29.5 Å². The molecule has 3 rings (SSSR count). The number of fused-ring (bicyclic) bond motifs is 2. The highest BCUT2D eigenvalue weighted by molar-refractivity contribution is 5.99. The van der Waals surface area contributed by atoms with E-state index in [1.807, 2.05) is 34.6 Å². The number of furan rings is 1. The molecule has 0 amide bonds. The van der Waals surface area contributed by atoms with E-state index in [9.17, 15) is 14.7 Å². The zero-order chi connectivity index (χ0) is 19.6. The number of hydrogen-bond donors (Lipinski definition) is 1. The topological polar surface area (TPSA) is 76.7 Å².